The van der Waals surface area contributed by atoms with Gasteiger partial charge in [-0.1, -0.05) is 13.8 Å². The average molecular weight is 384 g/mol. The van der Waals surface area contributed by atoms with Gasteiger partial charge in [-0.2, -0.15) is 4.98 Å². The molecule has 29 heavy (non-hydrogen) atoms. The third-order valence-corrected chi connectivity index (χ3v) is 4.96. The Morgan fingerprint density at radius 3 is 2.62 bits per heavy atom. The highest BCUT2D eigenvalue weighted by molar-refractivity contribution is 5.84. The summed E-state index contributed by atoms with van der Waals surface area (Å²) < 4.78 is 7.29. The lowest BCUT2D eigenvalue weighted by Gasteiger charge is -2.10. The number of methoxy groups -OCH3 is 1. The first kappa shape index (κ1) is 17.4. The van der Waals surface area contributed by atoms with Crippen molar-refractivity contribution in [3.8, 4) is 5.88 Å². The zero-order valence-electron chi connectivity index (χ0n) is 16.4. The number of pyridine rings is 2. The van der Waals surface area contributed by atoms with Crippen LogP contribution in [0.15, 0.2) is 54.9 Å². The van der Waals surface area contributed by atoms with E-state index in [0.29, 0.717) is 17.7 Å². The highest BCUT2D eigenvalue weighted by atomic mass is 16.5. The number of fused-ring (bicyclic) bond motifs is 4. The largest absolute Gasteiger partial charge is 0.481 e. The van der Waals surface area contributed by atoms with Crippen molar-refractivity contribution >= 4 is 39.2 Å². The highest BCUT2D eigenvalue weighted by Crippen LogP contribution is 2.25. The molecule has 0 fully saturated rings. The summed E-state index contributed by atoms with van der Waals surface area (Å²) in [4.78, 5) is 18.2. The van der Waals surface area contributed by atoms with Crippen LogP contribution in [0.2, 0.25) is 0 Å². The van der Waals surface area contributed by atoms with Crippen LogP contribution in [0.4, 0.5) is 11.6 Å². The van der Waals surface area contributed by atoms with E-state index in [1.165, 1.54) is 0 Å². The molecule has 0 aliphatic carbocycles. The summed E-state index contributed by atoms with van der Waals surface area (Å²) in [6, 6.07) is 13.8. The highest BCUT2D eigenvalue weighted by Gasteiger charge is 2.12. The number of imidazole rings is 1. The number of nitrogens with zero attached hydrogens (tertiary/aromatic N) is 5. The van der Waals surface area contributed by atoms with E-state index in [1.54, 1.807) is 7.11 Å². The predicted molar refractivity (Wildman–Crippen MR) is 114 cm³/mol. The lowest BCUT2D eigenvalue weighted by Crippen LogP contribution is -2.02. The van der Waals surface area contributed by atoms with Gasteiger partial charge in [0.05, 0.1) is 12.6 Å². The molecule has 0 unspecified atom stereocenters. The van der Waals surface area contributed by atoms with Crippen LogP contribution in [0.25, 0.3) is 27.6 Å². The lowest BCUT2D eigenvalue weighted by atomic mass is 10.1. The smallest absolute Gasteiger partial charge is 0.229 e. The Balaban J connectivity index is 1.57. The molecule has 0 atom stereocenters. The van der Waals surface area contributed by atoms with Gasteiger partial charge in [0, 0.05) is 40.6 Å². The molecule has 0 aliphatic rings. The van der Waals surface area contributed by atoms with Gasteiger partial charge < -0.3 is 10.1 Å². The number of ether oxygens (including phenoxy) is 1. The molecule has 4 aromatic heterocycles. The van der Waals surface area contributed by atoms with E-state index >= 15 is 0 Å². The molecule has 0 saturated heterocycles. The molecule has 0 saturated carbocycles. The molecule has 0 radical (unpaired) electrons. The van der Waals surface area contributed by atoms with E-state index in [2.05, 4.69) is 38.5 Å². The minimum atomic E-state index is 0.340. The van der Waals surface area contributed by atoms with Crippen molar-refractivity contribution in [2.24, 2.45) is 0 Å². The summed E-state index contributed by atoms with van der Waals surface area (Å²) in [7, 11) is 1.61. The quantitative estimate of drug-likeness (QED) is 0.484. The summed E-state index contributed by atoms with van der Waals surface area (Å²) in [6.45, 7) is 4.31. The van der Waals surface area contributed by atoms with E-state index in [4.69, 9.17) is 9.72 Å². The summed E-state index contributed by atoms with van der Waals surface area (Å²) in [5, 5.41) is 5.29. The van der Waals surface area contributed by atoms with Gasteiger partial charge in [-0.3, -0.25) is 4.40 Å². The molecular formula is C22H20N6O. The Kier molecular flexibility index (Phi) is 4.01. The normalized spacial score (nSPS) is 11.6. The molecular weight excluding hydrogens is 364 g/mol. The predicted octanol–water partition coefficient (Wildman–Crippen LogP) is 4.70. The van der Waals surface area contributed by atoms with Crippen LogP contribution in [0.5, 0.6) is 5.88 Å². The molecule has 0 spiro atoms. The molecule has 1 aromatic carbocycles. The van der Waals surface area contributed by atoms with Crippen molar-refractivity contribution in [2.75, 3.05) is 12.4 Å². The van der Waals surface area contributed by atoms with E-state index in [-0.39, 0.29) is 0 Å². The Labute approximate surface area is 167 Å². The zero-order chi connectivity index (χ0) is 20.0. The Bertz CT molecular complexity index is 1360. The second kappa shape index (κ2) is 6.70. The van der Waals surface area contributed by atoms with E-state index in [0.717, 1.165) is 39.0 Å². The van der Waals surface area contributed by atoms with Gasteiger partial charge in [-0.05, 0) is 42.3 Å². The summed E-state index contributed by atoms with van der Waals surface area (Å²) in [5.74, 6) is 1.47. The third-order valence-electron chi connectivity index (χ3n) is 4.96. The first-order valence-corrected chi connectivity index (χ1v) is 9.47. The number of anilines is 2. The van der Waals surface area contributed by atoms with E-state index in [1.807, 2.05) is 54.9 Å². The lowest BCUT2D eigenvalue weighted by molar-refractivity contribution is 0.399. The third kappa shape index (κ3) is 3.00. The standard InChI is InChI=1S/C22H20N6O/c1-13(2)18-12-23-19-8-4-15-11-24-22(27-21(15)28(18)19)25-16-6-7-17-14(10-16)5-9-20(26-17)29-3/h4-13H,1-3H3,(H,24,25,27). The molecule has 0 bridgehead atoms. The van der Waals surface area contributed by atoms with Crippen LogP contribution in [-0.4, -0.2) is 31.4 Å². The fourth-order valence-electron chi connectivity index (χ4n) is 3.47. The fraction of sp³-hybridized carbons (Fsp3) is 0.182. The van der Waals surface area contributed by atoms with Crippen LogP contribution >= 0.6 is 0 Å². The van der Waals surface area contributed by atoms with Crippen molar-refractivity contribution in [1.82, 2.24) is 24.3 Å². The van der Waals surface area contributed by atoms with Crippen molar-refractivity contribution in [2.45, 2.75) is 19.8 Å². The number of nitrogens with one attached hydrogen (secondary N) is 1. The van der Waals surface area contributed by atoms with Crippen LogP contribution in [0.3, 0.4) is 0 Å². The Morgan fingerprint density at radius 2 is 1.79 bits per heavy atom. The minimum Gasteiger partial charge on any atom is -0.481 e. The summed E-state index contributed by atoms with van der Waals surface area (Å²) in [6.07, 6.45) is 3.75. The summed E-state index contributed by atoms with van der Waals surface area (Å²) >= 11 is 0. The fourth-order valence-corrected chi connectivity index (χ4v) is 3.47. The molecule has 4 heterocycles. The van der Waals surface area contributed by atoms with Gasteiger partial charge in [0.2, 0.25) is 11.8 Å². The van der Waals surface area contributed by atoms with Gasteiger partial charge >= 0.3 is 0 Å². The van der Waals surface area contributed by atoms with Crippen LogP contribution in [0.1, 0.15) is 25.5 Å². The topological polar surface area (TPSA) is 77.2 Å². The minimum absolute atomic E-state index is 0.340. The van der Waals surface area contributed by atoms with Crippen molar-refractivity contribution in [3.63, 3.8) is 0 Å². The van der Waals surface area contributed by atoms with Crippen molar-refractivity contribution in [3.05, 3.63) is 60.6 Å². The molecule has 7 nitrogen and oxygen atoms in total. The maximum absolute atomic E-state index is 5.19. The average Bonchev–Trinajstić information content (AvgIpc) is 3.18. The Hall–Kier alpha value is -3.74. The van der Waals surface area contributed by atoms with E-state index < -0.39 is 0 Å². The number of benzene rings is 1. The summed E-state index contributed by atoms with van der Waals surface area (Å²) in [5.41, 5.74) is 4.62. The molecule has 5 rings (SSSR count). The van der Waals surface area contributed by atoms with Gasteiger partial charge in [-0.25, -0.2) is 15.0 Å². The van der Waals surface area contributed by atoms with Gasteiger partial charge in [-0.15, -0.1) is 0 Å². The van der Waals surface area contributed by atoms with Gasteiger partial charge in [0.15, 0.2) is 5.65 Å². The molecule has 0 aliphatic heterocycles. The van der Waals surface area contributed by atoms with Gasteiger partial charge in [0.25, 0.3) is 0 Å². The van der Waals surface area contributed by atoms with Crippen molar-refractivity contribution in [1.29, 1.82) is 0 Å². The molecule has 5 aromatic rings. The first-order chi connectivity index (χ1) is 14.1. The Morgan fingerprint density at radius 1 is 0.931 bits per heavy atom. The second-order valence-electron chi connectivity index (χ2n) is 7.22. The molecule has 144 valence electrons. The molecule has 0 amide bonds. The molecule has 7 heteroatoms. The second-order valence-corrected chi connectivity index (χ2v) is 7.22. The van der Waals surface area contributed by atoms with Crippen LogP contribution in [-0.2, 0) is 0 Å². The molecule has 1 N–H and O–H groups in total. The van der Waals surface area contributed by atoms with Crippen LogP contribution < -0.4 is 10.1 Å². The number of aromatic nitrogens is 5. The van der Waals surface area contributed by atoms with Crippen LogP contribution in [0, 0.1) is 0 Å². The van der Waals surface area contributed by atoms with Crippen molar-refractivity contribution < 1.29 is 4.74 Å². The monoisotopic (exact) mass is 384 g/mol. The zero-order valence-corrected chi connectivity index (χ0v) is 16.4. The maximum Gasteiger partial charge on any atom is 0.229 e. The number of hydrogen-bond acceptors (Lipinski definition) is 6. The first-order valence-electron chi connectivity index (χ1n) is 9.47. The van der Waals surface area contributed by atoms with Gasteiger partial charge in [0.1, 0.15) is 5.65 Å². The number of rotatable bonds is 4. The maximum atomic E-state index is 5.19. The van der Waals surface area contributed by atoms with E-state index in [9.17, 15) is 0 Å². The SMILES string of the molecule is COc1ccc2cc(Nc3ncc4ccc5ncc(C(C)C)n5c4n3)ccc2n1. The number of hydrogen-bond donors (Lipinski definition) is 1.